The first kappa shape index (κ1) is 25.6. The molecule has 0 saturated carbocycles. The van der Waals surface area contributed by atoms with Crippen molar-refractivity contribution in [3.63, 3.8) is 0 Å². The number of benzene rings is 3. The quantitative estimate of drug-likeness (QED) is 0.164. The molecule has 0 aliphatic rings. The van der Waals surface area contributed by atoms with Crippen molar-refractivity contribution in [3.8, 4) is 28.3 Å². The molecule has 0 aliphatic carbocycles. The number of aromatic nitrogens is 2. The van der Waals surface area contributed by atoms with E-state index in [2.05, 4.69) is 65.3 Å². The van der Waals surface area contributed by atoms with Gasteiger partial charge in [-0.15, -0.1) is 0 Å². The molecule has 1 amide bonds. The molecule has 1 heterocycles. The summed E-state index contributed by atoms with van der Waals surface area (Å²) >= 11 is 1.75. The van der Waals surface area contributed by atoms with Crippen LogP contribution in [-0.4, -0.2) is 34.4 Å². The zero-order chi connectivity index (χ0) is 25.0. The Bertz CT molecular complexity index is 1210. The predicted octanol–water partition coefficient (Wildman–Crippen LogP) is 6.69. The number of imidazole rings is 1. The number of carbonyl (C=O) groups is 1. The summed E-state index contributed by atoms with van der Waals surface area (Å²) in [5.41, 5.74) is 4.49. The minimum absolute atomic E-state index is 0.0272. The van der Waals surface area contributed by atoms with Crippen molar-refractivity contribution >= 4 is 17.7 Å². The third kappa shape index (κ3) is 7.01. The highest BCUT2D eigenvalue weighted by Gasteiger charge is 2.20. The van der Waals surface area contributed by atoms with Gasteiger partial charge in [-0.3, -0.25) is 4.79 Å². The van der Waals surface area contributed by atoms with Gasteiger partial charge in [-0.1, -0.05) is 104 Å². The molecule has 0 bridgehead atoms. The molecule has 3 aromatic carbocycles. The van der Waals surface area contributed by atoms with Crippen LogP contribution in [0.5, 0.6) is 5.75 Å². The summed E-state index contributed by atoms with van der Waals surface area (Å²) < 4.78 is 7.89. The van der Waals surface area contributed by atoms with Gasteiger partial charge in [0.1, 0.15) is 5.75 Å². The van der Waals surface area contributed by atoms with Gasteiger partial charge in [0.05, 0.1) is 11.4 Å². The van der Waals surface area contributed by atoms with Crippen LogP contribution in [0.3, 0.4) is 0 Å². The van der Waals surface area contributed by atoms with Crippen LogP contribution in [-0.2, 0) is 11.3 Å². The average molecular weight is 500 g/mol. The second-order valence-electron chi connectivity index (χ2n) is 8.48. The Labute approximate surface area is 217 Å². The van der Waals surface area contributed by atoms with Gasteiger partial charge in [-0.05, 0) is 25.0 Å². The molecule has 186 valence electrons. The fraction of sp³-hybridized carbons (Fsp3) is 0.267. The van der Waals surface area contributed by atoms with Crippen LogP contribution in [0.1, 0.15) is 26.2 Å². The van der Waals surface area contributed by atoms with E-state index in [-0.39, 0.29) is 12.5 Å². The number of para-hydroxylation sites is 1. The third-order valence-corrected chi connectivity index (χ3v) is 6.81. The zero-order valence-corrected chi connectivity index (χ0v) is 21.5. The predicted molar refractivity (Wildman–Crippen MR) is 148 cm³/mol. The van der Waals surface area contributed by atoms with Crippen LogP contribution >= 0.6 is 11.8 Å². The number of nitrogens with zero attached hydrogens (tertiary/aromatic N) is 2. The van der Waals surface area contributed by atoms with Crippen molar-refractivity contribution in [2.75, 3.05) is 18.9 Å². The number of amides is 1. The first-order valence-electron chi connectivity index (χ1n) is 12.5. The van der Waals surface area contributed by atoms with Crippen molar-refractivity contribution < 1.29 is 9.53 Å². The maximum atomic E-state index is 12.1. The van der Waals surface area contributed by atoms with E-state index >= 15 is 0 Å². The molecular weight excluding hydrogens is 466 g/mol. The highest BCUT2D eigenvalue weighted by Crippen LogP contribution is 2.36. The number of unbranched alkanes of at least 4 members (excludes halogenated alkanes) is 1. The second-order valence-corrected chi connectivity index (χ2v) is 9.54. The van der Waals surface area contributed by atoms with Crippen molar-refractivity contribution in [3.05, 3.63) is 91.0 Å². The van der Waals surface area contributed by atoms with Gasteiger partial charge in [0.15, 0.2) is 11.8 Å². The Balaban J connectivity index is 1.42. The molecule has 0 aliphatic heterocycles. The van der Waals surface area contributed by atoms with Crippen LogP contribution in [0, 0.1) is 0 Å². The summed E-state index contributed by atoms with van der Waals surface area (Å²) in [7, 11) is 0. The van der Waals surface area contributed by atoms with Gasteiger partial charge in [-0.2, -0.15) is 0 Å². The Morgan fingerprint density at radius 3 is 2.19 bits per heavy atom. The van der Waals surface area contributed by atoms with Crippen LogP contribution < -0.4 is 10.1 Å². The smallest absolute Gasteiger partial charge is 0.257 e. The zero-order valence-electron chi connectivity index (χ0n) is 20.7. The number of carbonyl (C=O) groups excluding carboxylic acids is 1. The Morgan fingerprint density at radius 1 is 0.889 bits per heavy atom. The van der Waals surface area contributed by atoms with Crippen molar-refractivity contribution in [2.45, 2.75) is 37.9 Å². The van der Waals surface area contributed by atoms with E-state index in [4.69, 9.17) is 9.72 Å². The van der Waals surface area contributed by atoms with Crippen molar-refractivity contribution in [1.82, 2.24) is 14.9 Å². The van der Waals surface area contributed by atoms with E-state index in [0.29, 0.717) is 12.3 Å². The fourth-order valence-corrected chi connectivity index (χ4v) is 4.90. The van der Waals surface area contributed by atoms with Crippen molar-refractivity contribution in [2.24, 2.45) is 0 Å². The summed E-state index contributed by atoms with van der Waals surface area (Å²) in [6.07, 6.45) is 3.06. The van der Waals surface area contributed by atoms with E-state index in [1.807, 2.05) is 42.5 Å². The van der Waals surface area contributed by atoms with Crippen LogP contribution in [0.25, 0.3) is 22.5 Å². The first-order chi connectivity index (χ1) is 17.8. The molecule has 4 rings (SSSR count). The van der Waals surface area contributed by atoms with Gasteiger partial charge in [0.25, 0.3) is 5.91 Å². The normalized spacial score (nSPS) is 10.8. The molecule has 0 unspecified atom stereocenters. The third-order valence-electron chi connectivity index (χ3n) is 5.75. The summed E-state index contributed by atoms with van der Waals surface area (Å²) in [5.74, 6) is 1.46. The molecule has 1 N–H and O–H groups in total. The first-order valence-corrected chi connectivity index (χ1v) is 13.5. The molecule has 0 atom stereocenters. The van der Waals surface area contributed by atoms with Crippen LogP contribution in [0.2, 0.25) is 0 Å². The van der Waals surface area contributed by atoms with E-state index in [1.165, 1.54) is 11.3 Å². The minimum atomic E-state index is -0.106. The molecular formula is C30H33N3O2S. The number of hydrogen-bond acceptors (Lipinski definition) is 4. The van der Waals surface area contributed by atoms with Gasteiger partial charge < -0.3 is 14.6 Å². The molecule has 0 fully saturated rings. The summed E-state index contributed by atoms with van der Waals surface area (Å²) in [6, 6.07) is 30.3. The second kappa shape index (κ2) is 13.5. The molecule has 4 aromatic rings. The molecule has 0 saturated heterocycles. The maximum absolute atomic E-state index is 12.1. The SMILES string of the molecule is CCCCn1c(SCCCNC(=O)COc2ccccc2)nc(-c2ccccc2)c1-c1ccccc1. The number of nitrogens with one attached hydrogen (secondary N) is 1. The highest BCUT2D eigenvalue weighted by atomic mass is 32.2. The molecule has 36 heavy (non-hydrogen) atoms. The Hall–Kier alpha value is -3.51. The van der Waals surface area contributed by atoms with E-state index in [0.717, 1.165) is 48.0 Å². The summed E-state index contributed by atoms with van der Waals surface area (Å²) in [4.78, 5) is 17.2. The molecule has 6 heteroatoms. The van der Waals surface area contributed by atoms with Crippen LogP contribution in [0.4, 0.5) is 0 Å². The lowest BCUT2D eigenvalue weighted by atomic mass is 10.0. The lowest BCUT2D eigenvalue weighted by Crippen LogP contribution is -2.29. The molecule has 0 spiro atoms. The topological polar surface area (TPSA) is 56.2 Å². The average Bonchev–Trinajstić information content (AvgIpc) is 3.30. The van der Waals surface area contributed by atoms with Gasteiger partial charge >= 0.3 is 0 Å². The lowest BCUT2D eigenvalue weighted by Gasteiger charge is -2.13. The number of ether oxygens (including phenoxy) is 1. The summed E-state index contributed by atoms with van der Waals surface area (Å²) in [5, 5.41) is 3.98. The Morgan fingerprint density at radius 2 is 1.53 bits per heavy atom. The monoisotopic (exact) mass is 499 g/mol. The van der Waals surface area contributed by atoms with E-state index < -0.39 is 0 Å². The molecule has 0 radical (unpaired) electrons. The van der Waals surface area contributed by atoms with Gasteiger partial charge in [0.2, 0.25) is 0 Å². The minimum Gasteiger partial charge on any atom is -0.484 e. The number of hydrogen-bond donors (Lipinski definition) is 1. The summed E-state index contributed by atoms with van der Waals surface area (Å²) in [6.45, 7) is 3.78. The number of rotatable bonds is 13. The standard InChI is InChI=1S/C30H33N3O2S/c1-2-3-21-33-29(25-16-9-5-10-17-25)28(24-14-7-4-8-15-24)32-30(33)36-22-13-20-31-27(34)23-35-26-18-11-6-12-19-26/h4-12,14-19H,2-3,13,20-23H2,1H3,(H,31,34). The largest absolute Gasteiger partial charge is 0.484 e. The molecule has 1 aromatic heterocycles. The highest BCUT2D eigenvalue weighted by molar-refractivity contribution is 7.99. The number of thioether (sulfide) groups is 1. The Kier molecular flexibility index (Phi) is 9.62. The molecule has 5 nitrogen and oxygen atoms in total. The fourth-order valence-electron chi connectivity index (χ4n) is 3.93. The van der Waals surface area contributed by atoms with E-state index in [9.17, 15) is 4.79 Å². The van der Waals surface area contributed by atoms with Crippen molar-refractivity contribution in [1.29, 1.82) is 0 Å². The lowest BCUT2D eigenvalue weighted by molar-refractivity contribution is -0.123. The maximum Gasteiger partial charge on any atom is 0.257 e. The van der Waals surface area contributed by atoms with Crippen LogP contribution in [0.15, 0.2) is 96.2 Å². The van der Waals surface area contributed by atoms with E-state index in [1.54, 1.807) is 11.8 Å². The van der Waals surface area contributed by atoms with Gasteiger partial charge in [0, 0.05) is 30.0 Å². The van der Waals surface area contributed by atoms with Gasteiger partial charge in [-0.25, -0.2) is 4.98 Å².